The topological polar surface area (TPSA) is 113 Å². The Morgan fingerprint density at radius 1 is 1.03 bits per heavy atom. The lowest BCUT2D eigenvalue weighted by molar-refractivity contribution is -0.141. The molecular weight excluding hydrogens is 501 g/mol. The van der Waals surface area contributed by atoms with Crippen molar-refractivity contribution in [2.75, 3.05) is 0 Å². The monoisotopic (exact) mass is 530 g/mol. The van der Waals surface area contributed by atoms with Crippen LogP contribution in [0.15, 0.2) is 60.9 Å². The zero-order valence-corrected chi connectivity index (χ0v) is 21.1. The van der Waals surface area contributed by atoms with E-state index in [2.05, 4.69) is 15.7 Å². The van der Waals surface area contributed by atoms with E-state index >= 15 is 0 Å². The first kappa shape index (κ1) is 28.4. The molecule has 2 aromatic carbocycles. The van der Waals surface area contributed by atoms with E-state index in [1.165, 1.54) is 43.6 Å². The van der Waals surface area contributed by atoms with Gasteiger partial charge in [-0.2, -0.15) is 13.9 Å². The summed E-state index contributed by atoms with van der Waals surface area (Å²) in [4.78, 5) is 37.6. The molecule has 38 heavy (non-hydrogen) atoms. The third-order valence-electron chi connectivity index (χ3n) is 5.94. The van der Waals surface area contributed by atoms with Gasteiger partial charge < -0.3 is 15.7 Å². The summed E-state index contributed by atoms with van der Waals surface area (Å²) in [6, 6.07) is 10.8. The summed E-state index contributed by atoms with van der Waals surface area (Å²) < 4.78 is 39.3. The Hall–Kier alpha value is -4.15. The van der Waals surface area contributed by atoms with Crippen molar-refractivity contribution in [1.82, 2.24) is 20.4 Å². The third-order valence-corrected chi connectivity index (χ3v) is 5.94. The minimum Gasteiger partial charge on any atom is -0.481 e. The molecule has 0 bridgehead atoms. The van der Waals surface area contributed by atoms with Crippen molar-refractivity contribution in [3.05, 3.63) is 77.9 Å². The van der Waals surface area contributed by atoms with Crippen LogP contribution >= 0.6 is 0 Å². The summed E-state index contributed by atoms with van der Waals surface area (Å²) in [6.07, 6.45) is 2.69. The minimum absolute atomic E-state index is 0.148. The van der Waals surface area contributed by atoms with Crippen molar-refractivity contribution in [1.29, 1.82) is 0 Å². The average molecular weight is 531 g/mol. The molecule has 0 spiro atoms. The minimum atomic E-state index is -2.77. The lowest BCUT2D eigenvalue weighted by Crippen LogP contribution is -2.54. The van der Waals surface area contributed by atoms with Gasteiger partial charge in [0.25, 0.3) is 5.91 Å². The van der Waals surface area contributed by atoms with Crippen LogP contribution in [0.25, 0.3) is 11.1 Å². The maximum atomic E-state index is 13.2. The fourth-order valence-electron chi connectivity index (χ4n) is 3.91. The van der Waals surface area contributed by atoms with Gasteiger partial charge in [0.15, 0.2) is 0 Å². The molecule has 0 saturated carbocycles. The number of amides is 2. The molecule has 2 atom stereocenters. The van der Waals surface area contributed by atoms with E-state index in [0.717, 1.165) is 5.56 Å². The van der Waals surface area contributed by atoms with Crippen LogP contribution in [0.4, 0.5) is 13.2 Å². The molecule has 1 heterocycles. The molecular formula is C27H29F3N4O4. The Morgan fingerprint density at radius 2 is 1.66 bits per heavy atom. The molecule has 1 aromatic heterocycles. The molecule has 8 nitrogen and oxygen atoms in total. The number of rotatable bonds is 11. The van der Waals surface area contributed by atoms with Gasteiger partial charge in [-0.25, -0.2) is 9.07 Å². The molecule has 11 heteroatoms. The Labute approximate surface area is 217 Å². The van der Waals surface area contributed by atoms with Crippen LogP contribution in [0.2, 0.25) is 0 Å². The lowest BCUT2D eigenvalue weighted by atomic mass is 9.93. The fraction of sp³-hybridized carbons (Fsp3) is 0.333. The van der Waals surface area contributed by atoms with E-state index in [1.54, 1.807) is 38.1 Å². The molecule has 2 unspecified atom stereocenters. The molecule has 3 aromatic rings. The van der Waals surface area contributed by atoms with Gasteiger partial charge in [-0.1, -0.05) is 31.2 Å². The number of carboxylic acids is 1. The quantitative estimate of drug-likeness (QED) is 0.340. The largest absolute Gasteiger partial charge is 0.481 e. The smallest absolute Gasteiger partial charge is 0.333 e. The highest BCUT2D eigenvalue weighted by atomic mass is 19.3. The van der Waals surface area contributed by atoms with Crippen molar-refractivity contribution in [2.24, 2.45) is 5.92 Å². The van der Waals surface area contributed by atoms with E-state index in [-0.39, 0.29) is 17.8 Å². The van der Waals surface area contributed by atoms with E-state index < -0.39 is 41.8 Å². The highest BCUT2D eigenvalue weighted by Gasteiger charge is 2.30. The summed E-state index contributed by atoms with van der Waals surface area (Å²) in [7, 11) is 0. The predicted octanol–water partition coefficient (Wildman–Crippen LogP) is 4.43. The Morgan fingerprint density at radius 3 is 2.21 bits per heavy atom. The van der Waals surface area contributed by atoms with Crippen molar-refractivity contribution < 1.29 is 32.7 Å². The van der Waals surface area contributed by atoms with Crippen molar-refractivity contribution in [2.45, 2.75) is 51.7 Å². The molecule has 3 rings (SSSR count). The van der Waals surface area contributed by atoms with Gasteiger partial charge in [-0.05, 0) is 62.1 Å². The van der Waals surface area contributed by atoms with Crippen LogP contribution in [-0.4, -0.2) is 44.3 Å². The first-order valence-corrected chi connectivity index (χ1v) is 11.9. The van der Waals surface area contributed by atoms with Gasteiger partial charge in [0.05, 0.1) is 12.1 Å². The number of hydrogen-bond donors (Lipinski definition) is 3. The molecule has 0 saturated heterocycles. The predicted molar refractivity (Wildman–Crippen MR) is 134 cm³/mol. The number of nitrogens with one attached hydrogen (secondary N) is 2. The standard InChI is InChI=1S/C27H29F3N4O4/c1-16(25(37)38)12-22(24(36)33-27(2,3)13-17-4-10-21(28)11-5-17)32-23(35)19-8-6-18(7-9-19)20-14-31-34(15-20)26(29)30/h4-11,14-16,22,26H,12-13H2,1-3H3,(H,32,35)(H,33,36)(H,37,38). The summed E-state index contributed by atoms with van der Waals surface area (Å²) in [5, 5.41) is 18.4. The van der Waals surface area contributed by atoms with Crippen LogP contribution in [0, 0.1) is 11.7 Å². The van der Waals surface area contributed by atoms with Crippen molar-refractivity contribution in [3.63, 3.8) is 0 Å². The first-order valence-electron chi connectivity index (χ1n) is 11.9. The van der Waals surface area contributed by atoms with Crippen molar-refractivity contribution >= 4 is 17.8 Å². The number of carbonyl (C=O) groups is 3. The molecule has 0 aliphatic heterocycles. The summed E-state index contributed by atoms with van der Waals surface area (Å²) in [6.45, 7) is 2.20. The highest BCUT2D eigenvalue weighted by molar-refractivity contribution is 5.98. The average Bonchev–Trinajstić information content (AvgIpc) is 3.35. The molecule has 0 fully saturated rings. The number of benzene rings is 2. The Kier molecular flexibility index (Phi) is 8.92. The van der Waals surface area contributed by atoms with Crippen LogP contribution in [0.3, 0.4) is 0 Å². The third kappa shape index (κ3) is 7.67. The summed E-state index contributed by atoms with van der Waals surface area (Å²) in [5.74, 6) is -3.57. The summed E-state index contributed by atoms with van der Waals surface area (Å²) >= 11 is 0. The maximum Gasteiger partial charge on any atom is 0.333 e. The van der Waals surface area contributed by atoms with Crippen LogP contribution in [-0.2, 0) is 16.0 Å². The second kappa shape index (κ2) is 11.9. The van der Waals surface area contributed by atoms with Gasteiger partial charge in [0.1, 0.15) is 11.9 Å². The van der Waals surface area contributed by atoms with E-state index in [9.17, 15) is 32.7 Å². The molecule has 0 aliphatic rings. The van der Waals surface area contributed by atoms with Crippen molar-refractivity contribution in [3.8, 4) is 11.1 Å². The number of aromatic nitrogens is 2. The number of carbonyl (C=O) groups excluding carboxylic acids is 2. The lowest BCUT2D eigenvalue weighted by Gasteiger charge is -2.30. The molecule has 0 radical (unpaired) electrons. The van der Waals surface area contributed by atoms with Gasteiger partial charge in [-0.15, -0.1) is 0 Å². The number of nitrogens with zero attached hydrogens (tertiary/aromatic N) is 2. The summed E-state index contributed by atoms with van der Waals surface area (Å²) in [5.41, 5.74) is 1.20. The Bertz CT molecular complexity index is 1270. The SMILES string of the molecule is CC(CC(NC(=O)c1ccc(-c2cnn(C(F)F)c2)cc1)C(=O)NC(C)(C)Cc1ccc(F)cc1)C(=O)O. The Balaban J connectivity index is 1.72. The van der Waals surface area contributed by atoms with Crippen LogP contribution in [0.1, 0.15) is 49.7 Å². The first-order chi connectivity index (χ1) is 17.8. The zero-order chi connectivity index (χ0) is 28.0. The van der Waals surface area contributed by atoms with E-state index in [0.29, 0.717) is 22.2 Å². The van der Waals surface area contributed by atoms with Gasteiger partial charge in [-0.3, -0.25) is 14.4 Å². The van der Waals surface area contributed by atoms with Crippen LogP contribution < -0.4 is 10.6 Å². The number of alkyl halides is 2. The van der Waals surface area contributed by atoms with Gasteiger partial charge >= 0.3 is 12.5 Å². The number of halogens is 3. The zero-order valence-electron chi connectivity index (χ0n) is 21.1. The van der Waals surface area contributed by atoms with E-state index in [1.807, 2.05) is 0 Å². The van der Waals surface area contributed by atoms with Gasteiger partial charge in [0, 0.05) is 22.9 Å². The maximum absolute atomic E-state index is 13.2. The second-order valence-electron chi connectivity index (χ2n) is 9.74. The van der Waals surface area contributed by atoms with Crippen LogP contribution in [0.5, 0.6) is 0 Å². The molecule has 2 amide bonds. The molecule has 3 N–H and O–H groups in total. The number of hydrogen-bond acceptors (Lipinski definition) is 4. The van der Waals surface area contributed by atoms with E-state index in [4.69, 9.17) is 0 Å². The molecule has 202 valence electrons. The van der Waals surface area contributed by atoms with Gasteiger partial charge in [0.2, 0.25) is 5.91 Å². The molecule has 0 aliphatic carbocycles. The second-order valence-corrected chi connectivity index (χ2v) is 9.74. The fourth-order valence-corrected chi connectivity index (χ4v) is 3.91. The number of aliphatic carboxylic acids is 1. The normalized spacial score (nSPS) is 13.1. The highest BCUT2D eigenvalue weighted by Crippen LogP contribution is 2.22. The number of carboxylic acid groups (broad SMARTS) is 1.